The number of benzene rings is 1. The van der Waals surface area contributed by atoms with Gasteiger partial charge in [-0.15, -0.1) is 0 Å². The van der Waals surface area contributed by atoms with Gasteiger partial charge in [0.05, 0.1) is 0 Å². The molecule has 2 aromatic rings. The van der Waals surface area contributed by atoms with Crippen LogP contribution in [0, 0.1) is 0 Å². The number of fused-ring (bicyclic) bond motifs is 1. The minimum absolute atomic E-state index is 1.08. The molecule has 164 valence electrons. The number of aromatic nitrogens is 1. The maximum Gasteiger partial charge on any atom is 0.0456 e. The molecule has 2 rings (SSSR count). The molecule has 29 heavy (non-hydrogen) atoms. The van der Waals surface area contributed by atoms with Crippen molar-refractivity contribution in [1.82, 2.24) is 10.3 Å². The van der Waals surface area contributed by atoms with Crippen LogP contribution in [0.2, 0.25) is 0 Å². The summed E-state index contributed by atoms with van der Waals surface area (Å²) in [5.74, 6) is 0. The summed E-state index contributed by atoms with van der Waals surface area (Å²) in [4.78, 5) is 3.37. The molecule has 0 aliphatic heterocycles. The van der Waals surface area contributed by atoms with Gasteiger partial charge in [0.1, 0.15) is 0 Å². The molecule has 0 aliphatic carbocycles. The van der Waals surface area contributed by atoms with E-state index in [0.29, 0.717) is 0 Å². The standard InChI is InChI=1S/C27H46N2/c1-2-3-4-5-6-7-8-9-10-11-12-13-14-15-18-22-28-23-21-25-24-29-27-20-17-16-19-26(25)27/h16-17,19-20,24,28-29H,2-15,18,21-23H2,1H3. The Bertz CT molecular complexity index is 616. The Kier molecular flexibility index (Phi) is 13.7. The second kappa shape index (κ2) is 16.5. The summed E-state index contributed by atoms with van der Waals surface area (Å²) in [6.45, 7) is 4.55. The maximum absolute atomic E-state index is 3.62. The Balaban J connectivity index is 1.29. The molecular weight excluding hydrogens is 352 g/mol. The topological polar surface area (TPSA) is 27.8 Å². The summed E-state index contributed by atoms with van der Waals surface area (Å²) >= 11 is 0. The molecular formula is C27H46N2. The Morgan fingerprint density at radius 2 is 1.21 bits per heavy atom. The van der Waals surface area contributed by atoms with Crippen LogP contribution in [0.1, 0.15) is 109 Å². The highest BCUT2D eigenvalue weighted by molar-refractivity contribution is 5.83. The minimum Gasteiger partial charge on any atom is -0.361 e. The lowest BCUT2D eigenvalue weighted by Crippen LogP contribution is -2.18. The van der Waals surface area contributed by atoms with Crippen molar-refractivity contribution in [2.45, 2.75) is 110 Å². The lowest BCUT2D eigenvalue weighted by atomic mass is 10.0. The molecule has 0 unspecified atom stereocenters. The van der Waals surface area contributed by atoms with Crippen molar-refractivity contribution in [1.29, 1.82) is 0 Å². The van der Waals surface area contributed by atoms with Crippen molar-refractivity contribution in [3.05, 3.63) is 36.0 Å². The number of unbranched alkanes of at least 4 members (excludes halogenated alkanes) is 14. The summed E-state index contributed by atoms with van der Waals surface area (Å²) in [6, 6.07) is 8.59. The summed E-state index contributed by atoms with van der Waals surface area (Å²) in [7, 11) is 0. The lowest BCUT2D eigenvalue weighted by Gasteiger charge is -2.05. The van der Waals surface area contributed by atoms with E-state index >= 15 is 0 Å². The quantitative estimate of drug-likeness (QED) is 0.229. The molecule has 2 nitrogen and oxygen atoms in total. The predicted octanol–water partition coefficient (Wildman–Crippen LogP) is 8.17. The van der Waals surface area contributed by atoms with Crippen LogP contribution < -0.4 is 5.32 Å². The molecule has 0 saturated heterocycles. The van der Waals surface area contributed by atoms with E-state index in [1.807, 2.05) is 0 Å². The third-order valence-corrected chi connectivity index (χ3v) is 6.20. The van der Waals surface area contributed by atoms with Gasteiger partial charge in [0, 0.05) is 17.1 Å². The first kappa shape index (κ1) is 24.0. The summed E-state index contributed by atoms with van der Waals surface area (Å²) in [5.41, 5.74) is 2.69. The molecule has 0 radical (unpaired) electrons. The second-order valence-corrected chi connectivity index (χ2v) is 8.81. The van der Waals surface area contributed by atoms with E-state index in [2.05, 4.69) is 47.7 Å². The van der Waals surface area contributed by atoms with Crippen LogP contribution in [-0.2, 0) is 6.42 Å². The van der Waals surface area contributed by atoms with Gasteiger partial charge in [0.15, 0.2) is 0 Å². The second-order valence-electron chi connectivity index (χ2n) is 8.81. The molecule has 0 amide bonds. The number of para-hydroxylation sites is 1. The van der Waals surface area contributed by atoms with Crippen LogP contribution in [-0.4, -0.2) is 18.1 Å². The van der Waals surface area contributed by atoms with E-state index in [4.69, 9.17) is 0 Å². The van der Waals surface area contributed by atoms with Gasteiger partial charge in [-0.05, 0) is 37.6 Å². The van der Waals surface area contributed by atoms with Crippen LogP contribution in [0.25, 0.3) is 10.9 Å². The van der Waals surface area contributed by atoms with Gasteiger partial charge in [-0.3, -0.25) is 0 Å². The summed E-state index contributed by atoms with van der Waals surface area (Å²) in [6.07, 6.45) is 24.8. The molecule has 1 aromatic heterocycles. The summed E-state index contributed by atoms with van der Waals surface area (Å²) < 4.78 is 0. The molecule has 0 saturated carbocycles. The molecule has 0 fully saturated rings. The van der Waals surface area contributed by atoms with Gasteiger partial charge in [-0.25, -0.2) is 0 Å². The first-order valence-corrected chi connectivity index (χ1v) is 12.7. The van der Waals surface area contributed by atoms with Gasteiger partial charge >= 0.3 is 0 Å². The van der Waals surface area contributed by atoms with Gasteiger partial charge < -0.3 is 10.3 Å². The van der Waals surface area contributed by atoms with E-state index in [1.165, 1.54) is 119 Å². The zero-order valence-electron chi connectivity index (χ0n) is 19.1. The normalized spacial score (nSPS) is 11.5. The van der Waals surface area contributed by atoms with E-state index in [0.717, 1.165) is 13.0 Å². The first-order valence-electron chi connectivity index (χ1n) is 12.7. The largest absolute Gasteiger partial charge is 0.361 e. The van der Waals surface area contributed by atoms with Gasteiger partial charge in [-0.2, -0.15) is 0 Å². The predicted molar refractivity (Wildman–Crippen MR) is 130 cm³/mol. The van der Waals surface area contributed by atoms with Crippen molar-refractivity contribution < 1.29 is 0 Å². The fraction of sp³-hybridized carbons (Fsp3) is 0.704. The zero-order chi connectivity index (χ0) is 20.4. The number of hydrogen-bond donors (Lipinski definition) is 2. The molecule has 2 N–H and O–H groups in total. The number of aromatic amines is 1. The van der Waals surface area contributed by atoms with Crippen molar-refractivity contribution in [3.8, 4) is 0 Å². The average molecular weight is 399 g/mol. The molecule has 0 bridgehead atoms. The Morgan fingerprint density at radius 3 is 1.83 bits per heavy atom. The molecule has 1 heterocycles. The van der Waals surface area contributed by atoms with Crippen molar-refractivity contribution in [3.63, 3.8) is 0 Å². The molecule has 1 aromatic carbocycles. The van der Waals surface area contributed by atoms with E-state index in [-0.39, 0.29) is 0 Å². The van der Waals surface area contributed by atoms with E-state index in [1.54, 1.807) is 0 Å². The molecule has 0 atom stereocenters. The van der Waals surface area contributed by atoms with Crippen molar-refractivity contribution >= 4 is 10.9 Å². The monoisotopic (exact) mass is 398 g/mol. The van der Waals surface area contributed by atoms with Crippen LogP contribution in [0.5, 0.6) is 0 Å². The Morgan fingerprint density at radius 1 is 0.655 bits per heavy atom. The fourth-order valence-electron chi connectivity index (χ4n) is 4.31. The van der Waals surface area contributed by atoms with Crippen LogP contribution in [0.3, 0.4) is 0 Å². The summed E-state index contributed by atoms with van der Waals surface area (Å²) in [5, 5.41) is 5.00. The first-order chi connectivity index (χ1) is 14.4. The van der Waals surface area contributed by atoms with Crippen molar-refractivity contribution in [2.75, 3.05) is 13.1 Å². The maximum atomic E-state index is 3.62. The highest BCUT2D eigenvalue weighted by Gasteiger charge is 2.02. The molecule has 2 heteroatoms. The van der Waals surface area contributed by atoms with E-state index < -0.39 is 0 Å². The highest BCUT2D eigenvalue weighted by Crippen LogP contribution is 2.17. The number of H-pyrrole nitrogens is 1. The SMILES string of the molecule is CCCCCCCCCCCCCCCCCNCCc1c[nH]c2ccccc12. The third-order valence-electron chi connectivity index (χ3n) is 6.20. The zero-order valence-corrected chi connectivity index (χ0v) is 19.1. The van der Waals surface area contributed by atoms with Gasteiger partial charge in [-0.1, -0.05) is 115 Å². The smallest absolute Gasteiger partial charge is 0.0456 e. The van der Waals surface area contributed by atoms with Crippen LogP contribution in [0.15, 0.2) is 30.5 Å². The van der Waals surface area contributed by atoms with Gasteiger partial charge in [0.2, 0.25) is 0 Å². The highest BCUT2D eigenvalue weighted by atomic mass is 14.8. The number of hydrogen-bond acceptors (Lipinski definition) is 1. The molecule has 0 spiro atoms. The van der Waals surface area contributed by atoms with Crippen LogP contribution >= 0.6 is 0 Å². The number of nitrogens with one attached hydrogen (secondary N) is 2. The van der Waals surface area contributed by atoms with E-state index in [9.17, 15) is 0 Å². The fourth-order valence-corrected chi connectivity index (χ4v) is 4.31. The van der Waals surface area contributed by atoms with Gasteiger partial charge in [0.25, 0.3) is 0 Å². The average Bonchev–Trinajstić information content (AvgIpc) is 3.16. The third kappa shape index (κ3) is 10.9. The minimum atomic E-state index is 1.08. The molecule has 0 aliphatic rings. The van der Waals surface area contributed by atoms with Crippen LogP contribution in [0.4, 0.5) is 0 Å². The van der Waals surface area contributed by atoms with Crippen molar-refractivity contribution in [2.24, 2.45) is 0 Å². The Hall–Kier alpha value is -1.28. The lowest BCUT2D eigenvalue weighted by molar-refractivity contribution is 0.527. The Labute approximate surface area is 180 Å². The number of rotatable bonds is 19.